The van der Waals surface area contributed by atoms with Crippen molar-refractivity contribution in [1.29, 1.82) is 0 Å². The fraction of sp³-hybridized carbons (Fsp3) is 0.300. The van der Waals surface area contributed by atoms with Crippen LogP contribution in [-0.2, 0) is 18.0 Å². The summed E-state index contributed by atoms with van der Waals surface area (Å²) in [6.45, 7) is 8.92. The van der Waals surface area contributed by atoms with Crippen LogP contribution in [0.4, 0.5) is 0 Å². The summed E-state index contributed by atoms with van der Waals surface area (Å²) in [5.41, 5.74) is 8.16. The predicted octanol–water partition coefficient (Wildman–Crippen LogP) is 4.25. The van der Waals surface area contributed by atoms with E-state index in [0.717, 1.165) is 44.5 Å². The molecule has 0 aliphatic rings. The van der Waals surface area contributed by atoms with E-state index >= 15 is 0 Å². The maximum atomic E-state index is 8.79. The Morgan fingerprint density at radius 3 is 1.52 bits per heavy atom. The highest BCUT2D eigenvalue weighted by Gasteiger charge is 2.08. The quantitative estimate of drug-likeness (QED) is 0.469. The number of hydrogen-bond acceptors (Lipinski definition) is 5. The lowest BCUT2D eigenvalue weighted by Gasteiger charge is -2.13. The zero-order valence-corrected chi connectivity index (χ0v) is 15.1. The maximum absolute atomic E-state index is 8.79. The molecule has 0 heterocycles. The van der Waals surface area contributed by atoms with Crippen molar-refractivity contribution in [2.45, 2.75) is 40.9 Å². The third-order valence-corrected chi connectivity index (χ3v) is 4.31. The summed E-state index contributed by atoms with van der Waals surface area (Å²) >= 11 is 0. The van der Waals surface area contributed by atoms with Crippen LogP contribution in [0.15, 0.2) is 34.6 Å². The van der Waals surface area contributed by atoms with Crippen LogP contribution in [-0.4, -0.2) is 22.8 Å². The van der Waals surface area contributed by atoms with E-state index < -0.39 is 0 Å². The molecule has 2 rings (SSSR count). The van der Waals surface area contributed by atoms with Crippen molar-refractivity contribution in [3.8, 4) is 0 Å². The van der Waals surface area contributed by atoms with Crippen molar-refractivity contribution in [3.05, 3.63) is 68.8 Å². The number of aryl methyl sites for hydroxylation is 2. The summed E-state index contributed by atoms with van der Waals surface area (Å²) in [6.07, 6.45) is 2.88. The lowest BCUT2D eigenvalue weighted by Crippen LogP contribution is -2.03. The lowest BCUT2D eigenvalue weighted by molar-refractivity contribution is 0.106. The molecule has 5 heteroatoms. The highest BCUT2D eigenvalue weighted by atomic mass is 16.5. The zero-order valence-electron chi connectivity index (χ0n) is 15.1. The Kier molecular flexibility index (Phi) is 6.31. The molecule has 0 atom stereocenters. The number of oxime groups is 2. The molecule has 2 aromatic rings. The van der Waals surface area contributed by atoms with Gasteiger partial charge < -0.3 is 15.2 Å². The van der Waals surface area contributed by atoms with Gasteiger partial charge in [0.25, 0.3) is 0 Å². The van der Waals surface area contributed by atoms with Gasteiger partial charge in [-0.2, -0.15) is 0 Å². The van der Waals surface area contributed by atoms with E-state index in [1.165, 1.54) is 12.4 Å². The summed E-state index contributed by atoms with van der Waals surface area (Å²) in [6, 6.07) is 8.11. The number of benzene rings is 2. The van der Waals surface area contributed by atoms with Gasteiger partial charge in [0.2, 0.25) is 0 Å². The SMILES string of the molecule is Cc1cc(/C=N/O)c(C)c(COCc2cc(C)cc(/C=N/O)c2C)c1. The van der Waals surface area contributed by atoms with E-state index in [2.05, 4.69) is 22.4 Å². The van der Waals surface area contributed by atoms with Crippen LogP contribution < -0.4 is 0 Å². The Hall–Kier alpha value is -2.66. The monoisotopic (exact) mass is 340 g/mol. The average molecular weight is 340 g/mol. The van der Waals surface area contributed by atoms with E-state index in [-0.39, 0.29) is 0 Å². The minimum absolute atomic E-state index is 0.469. The molecular formula is C20H24N2O3. The van der Waals surface area contributed by atoms with E-state index in [1.54, 1.807) is 0 Å². The summed E-state index contributed by atoms with van der Waals surface area (Å²) in [5.74, 6) is 0. The first-order chi connectivity index (χ1) is 12.0. The fourth-order valence-corrected chi connectivity index (χ4v) is 2.89. The lowest BCUT2D eigenvalue weighted by atomic mass is 9.99. The zero-order chi connectivity index (χ0) is 18.4. The van der Waals surface area contributed by atoms with E-state index in [0.29, 0.717) is 13.2 Å². The molecule has 5 nitrogen and oxygen atoms in total. The second kappa shape index (κ2) is 8.44. The minimum atomic E-state index is 0.469. The molecule has 0 aliphatic carbocycles. The Bertz CT molecular complexity index is 744. The standard InChI is InChI=1S/C20H24N2O3/c1-13-5-17(9-21-23)15(3)19(7-13)11-25-12-20-8-14(2)6-18(10-22-24)16(20)4/h5-10,23-24H,11-12H2,1-4H3/b21-9+,22-10+. The minimum Gasteiger partial charge on any atom is -0.411 e. The van der Waals surface area contributed by atoms with Crippen molar-refractivity contribution in [2.75, 3.05) is 0 Å². The van der Waals surface area contributed by atoms with Crippen molar-refractivity contribution in [1.82, 2.24) is 0 Å². The first-order valence-electron chi connectivity index (χ1n) is 8.09. The Labute approximate surface area is 148 Å². The third-order valence-electron chi connectivity index (χ3n) is 4.31. The van der Waals surface area contributed by atoms with Gasteiger partial charge in [-0.25, -0.2) is 0 Å². The molecule has 0 aliphatic heterocycles. The molecule has 132 valence electrons. The van der Waals surface area contributed by atoms with E-state index in [4.69, 9.17) is 15.2 Å². The smallest absolute Gasteiger partial charge is 0.0736 e. The van der Waals surface area contributed by atoms with Crippen molar-refractivity contribution in [3.63, 3.8) is 0 Å². The molecule has 0 amide bonds. The molecule has 0 aromatic heterocycles. The number of rotatable bonds is 6. The van der Waals surface area contributed by atoms with Gasteiger partial charge in [0.15, 0.2) is 0 Å². The van der Waals surface area contributed by atoms with Crippen LogP contribution in [0.5, 0.6) is 0 Å². The third kappa shape index (κ3) is 4.67. The topological polar surface area (TPSA) is 74.4 Å². The maximum Gasteiger partial charge on any atom is 0.0736 e. The normalized spacial score (nSPS) is 11.7. The summed E-state index contributed by atoms with van der Waals surface area (Å²) in [7, 11) is 0. The summed E-state index contributed by atoms with van der Waals surface area (Å²) < 4.78 is 5.93. The van der Waals surface area contributed by atoms with Crippen LogP contribution in [0.3, 0.4) is 0 Å². The van der Waals surface area contributed by atoms with Gasteiger partial charge in [0, 0.05) is 0 Å². The van der Waals surface area contributed by atoms with Crippen LogP contribution in [0.2, 0.25) is 0 Å². The van der Waals surface area contributed by atoms with E-state index in [1.807, 2.05) is 39.8 Å². The van der Waals surface area contributed by atoms with Crippen molar-refractivity contribution in [2.24, 2.45) is 10.3 Å². The highest BCUT2D eigenvalue weighted by Crippen LogP contribution is 2.20. The van der Waals surface area contributed by atoms with Crippen molar-refractivity contribution < 1.29 is 15.2 Å². The number of ether oxygens (including phenoxy) is 1. The first kappa shape index (κ1) is 18.7. The molecule has 0 saturated carbocycles. The molecule has 0 unspecified atom stereocenters. The second-order valence-electron chi connectivity index (χ2n) is 6.26. The molecule has 25 heavy (non-hydrogen) atoms. The molecule has 2 N–H and O–H groups in total. The summed E-state index contributed by atoms with van der Waals surface area (Å²) in [5, 5.41) is 23.8. The molecular weight excluding hydrogens is 316 g/mol. The van der Waals surface area contributed by atoms with E-state index in [9.17, 15) is 0 Å². The second-order valence-corrected chi connectivity index (χ2v) is 6.26. The van der Waals surface area contributed by atoms with Gasteiger partial charge >= 0.3 is 0 Å². The Morgan fingerprint density at radius 1 is 0.760 bits per heavy atom. The molecule has 0 saturated heterocycles. The van der Waals surface area contributed by atoms with Gasteiger partial charge in [0.05, 0.1) is 25.6 Å². The number of nitrogens with zero attached hydrogens (tertiary/aromatic N) is 2. The molecule has 2 aromatic carbocycles. The van der Waals surface area contributed by atoms with Gasteiger partial charge in [-0.05, 0) is 61.1 Å². The Balaban J connectivity index is 2.16. The highest BCUT2D eigenvalue weighted by molar-refractivity contribution is 5.82. The van der Waals surface area contributed by atoms with Gasteiger partial charge in [-0.15, -0.1) is 0 Å². The molecule has 0 spiro atoms. The van der Waals surface area contributed by atoms with Crippen LogP contribution in [0.1, 0.15) is 44.5 Å². The van der Waals surface area contributed by atoms with Crippen LogP contribution in [0.25, 0.3) is 0 Å². The van der Waals surface area contributed by atoms with Gasteiger partial charge in [-0.3, -0.25) is 0 Å². The first-order valence-corrected chi connectivity index (χ1v) is 8.09. The van der Waals surface area contributed by atoms with Gasteiger partial charge in [0.1, 0.15) is 0 Å². The van der Waals surface area contributed by atoms with Crippen LogP contribution in [0, 0.1) is 27.7 Å². The fourth-order valence-electron chi connectivity index (χ4n) is 2.89. The Morgan fingerprint density at radius 2 is 1.16 bits per heavy atom. The molecule has 0 radical (unpaired) electrons. The molecule has 0 fully saturated rings. The largest absolute Gasteiger partial charge is 0.411 e. The average Bonchev–Trinajstić information content (AvgIpc) is 2.56. The number of hydrogen-bond donors (Lipinski definition) is 2. The predicted molar refractivity (Wildman–Crippen MR) is 99.1 cm³/mol. The van der Waals surface area contributed by atoms with Crippen molar-refractivity contribution >= 4 is 12.4 Å². The summed E-state index contributed by atoms with van der Waals surface area (Å²) in [4.78, 5) is 0. The van der Waals surface area contributed by atoms with Crippen LogP contribution >= 0.6 is 0 Å². The molecule has 0 bridgehead atoms. The van der Waals surface area contributed by atoms with Gasteiger partial charge in [-0.1, -0.05) is 45.7 Å².